The normalized spacial score (nSPS) is 13.7. The molecule has 2 rings (SSSR count). The molecule has 1 N–H and O–H groups in total. The van der Waals surface area contributed by atoms with Gasteiger partial charge in [0.15, 0.2) is 0 Å². The molecule has 0 bridgehead atoms. The van der Waals surface area contributed by atoms with Crippen LogP contribution in [-0.4, -0.2) is 41.5 Å². The van der Waals surface area contributed by atoms with Crippen molar-refractivity contribution in [2.24, 2.45) is 0 Å². The number of aliphatic hydroxyl groups excluding tert-OH is 1. The SMILES string of the molecule is CSc1ccccc1C(O)[C@@H](CN(C)C(=O)OC(C)(C)C)c1ccc(Cl)c(Cl)c1. The van der Waals surface area contributed by atoms with Crippen molar-refractivity contribution >= 4 is 41.1 Å². The second-order valence-corrected chi connectivity index (χ2v) is 9.49. The molecule has 2 atom stereocenters. The standard InChI is InChI=1S/C22H27Cl2NO3S/c1-22(2,3)28-21(27)25(4)13-16(14-10-11-17(23)18(24)12-14)20(26)15-8-6-7-9-19(15)29-5/h6-12,16,20,26H,13H2,1-5H3/t16-,20?/m0/s1. The smallest absolute Gasteiger partial charge is 0.410 e. The number of nitrogens with zero attached hydrogens (tertiary/aromatic N) is 1. The zero-order valence-corrected chi connectivity index (χ0v) is 19.6. The number of benzene rings is 2. The molecule has 4 nitrogen and oxygen atoms in total. The summed E-state index contributed by atoms with van der Waals surface area (Å²) >= 11 is 13.9. The second-order valence-electron chi connectivity index (χ2n) is 7.83. The lowest BCUT2D eigenvalue weighted by molar-refractivity contribution is 0.0249. The van der Waals surface area contributed by atoms with Crippen molar-refractivity contribution in [3.05, 3.63) is 63.6 Å². The molecule has 1 amide bonds. The number of ether oxygens (including phenoxy) is 1. The Morgan fingerprint density at radius 3 is 2.41 bits per heavy atom. The van der Waals surface area contributed by atoms with Crippen LogP contribution in [0, 0.1) is 0 Å². The lowest BCUT2D eigenvalue weighted by atomic mass is 9.88. The summed E-state index contributed by atoms with van der Waals surface area (Å²) in [6, 6.07) is 13.0. The van der Waals surface area contributed by atoms with Gasteiger partial charge in [-0.2, -0.15) is 0 Å². The van der Waals surface area contributed by atoms with Gasteiger partial charge in [-0.05, 0) is 56.4 Å². The van der Waals surface area contributed by atoms with Crippen molar-refractivity contribution in [1.82, 2.24) is 4.90 Å². The molecule has 0 aliphatic heterocycles. The molecular formula is C22H27Cl2NO3S. The van der Waals surface area contributed by atoms with E-state index in [0.29, 0.717) is 10.0 Å². The van der Waals surface area contributed by atoms with E-state index in [1.165, 1.54) is 4.90 Å². The zero-order valence-electron chi connectivity index (χ0n) is 17.3. The van der Waals surface area contributed by atoms with Crippen LogP contribution in [0.25, 0.3) is 0 Å². The van der Waals surface area contributed by atoms with Crippen LogP contribution < -0.4 is 0 Å². The fraction of sp³-hybridized carbons (Fsp3) is 0.409. The molecule has 1 unspecified atom stereocenters. The molecule has 158 valence electrons. The van der Waals surface area contributed by atoms with Crippen LogP contribution in [0.15, 0.2) is 47.4 Å². The van der Waals surface area contributed by atoms with E-state index >= 15 is 0 Å². The first-order valence-electron chi connectivity index (χ1n) is 9.23. The Kier molecular flexibility index (Phi) is 8.29. The van der Waals surface area contributed by atoms with Gasteiger partial charge in [-0.1, -0.05) is 47.5 Å². The highest BCUT2D eigenvalue weighted by Crippen LogP contribution is 2.38. The molecule has 0 saturated heterocycles. The minimum atomic E-state index is -0.847. The maximum atomic E-state index is 12.5. The average molecular weight is 456 g/mol. The highest BCUT2D eigenvalue weighted by molar-refractivity contribution is 7.98. The minimum absolute atomic E-state index is 0.247. The molecule has 2 aromatic rings. The molecule has 7 heteroatoms. The monoisotopic (exact) mass is 455 g/mol. The Morgan fingerprint density at radius 1 is 1.17 bits per heavy atom. The van der Waals surface area contributed by atoms with Gasteiger partial charge in [0.25, 0.3) is 0 Å². The predicted molar refractivity (Wildman–Crippen MR) is 121 cm³/mol. The van der Waals surface area contributed by atoms with Crippen LogP contribution in [-0.2, 0) is 4.74 Å². The Bertz CT molecular complexity index is 854. The van der Waals surface area contributed by atoms with E-state index in [1.54, 1.807) is 30.9 Å². The summed E-state index contributed by atoms with van der Waals surface area (Å²) in [5.41, 5.74) is 0.987. The maximum Gasteiger partial charge on any atom is 0.410 e. The first kappa shape index (κ1) is 23.9. The van der Waals surface area contributed by atoms with Crippen LogP contribution in [0.5, 0.6) is 0 Å². The Balaban J connectivity index is 2.40. The Morgan fingerprint density at radius 2 is 1.83 bits per heavy atom. The number of amides is 1. The lowest BCUT2D eigenvalue weighted by Crippen LogP contribution is -2.37. The minimum Gasteiger partial charge on any atom is -0.444 e. The number of likely N-dealkylation sites (N-methyl/N-ethyl adjacent to an activating group) is 1. The van der Waals surface area contributed by atoms with Gasteiger partial charge in [0.1, 0.15) is 5.60 Å². The second kappa shape index (κ2) is 10.1. The third-order valence-corrected chi connectivity index (χ3v) is 5.94. The van der Waals surface area contributed by atoms with Gasteiger partial charge in [-0.25, -0.2) is 4.79 Å². The predicted octanol–water partition coefficient (Wildman–Crippen LogP) is 6.40. The van der Waals surface area contributed by atoms with Crippen LogP contribution in [0.3, 0.4) is 0 Å². The number of thioether (sulfide) groups is 1. The summed E-state index contributed by atoms with van der Waals surface area (Å²) in [5, 5.41) is 12.1. The van der Waals surface area contributed by atoms with Crippen LogP contribution in [0.4, 0.5) is 4.79 Å². The number of carbonyl (C=O) groups is 1. The molecule has 0 saturated carbocycles. The number of hydrogen-bond acceptors (Lipinski definition) is 4. The summed E-state index contributed by atoms with van der Waals surface area (Å²) in [7, 11) is 1.66. The third kappa shape index (κ3) is 6.54. The number of aliphatic hydroxyl groups is 1. The van der Waals surface area contributed by atoms with E-state index in [9.17, 15) is 9.90 Å². The molecule has 2 aromatic carbocycles. The van der Waals surface area contributed by atoms with Crippen molar-refractivity contribution in [1.29, 1.82) is 0 Å². The number of rotatable bonds is 6. The maximum absolute atomic E-state index is 12.5. The zero-order chi connectivity index (χ0) is 21.8. The highest BCUT2D eigenvalue weighted by Gasteiger charge is 2.29. The van der Waals surface area contributed by atoms with E-state index in [2.05, 4.69) is 0 Å². The van der Waals surface area contributed by atoms with Gasteiger partial charge in [0.05, 0.1) is 16.1 Å². The fourth-order valence-corrected chi connectivity index (χ4v) is 3.91. The lowest BCUT2D eigenvalue weighted by Gasteiger charge is -2.31. The van der Waals surface area contributed by atoms with Crippen LogP contribution in [0.2, 0.25) is 10.0 Å². The molecular weight excluding hydrogens is 429 g/mol. The number of halogens is 2. The highest BCUT2D eigenvalue weighted by atomic mass is 35.5. The largest absolute Gasteiger partial charge is 0.444 e. The average Bonchev–Trinajstić information content (AvgIpc) is 2.66. The van der Waals surface area contributed by atoms with E-state index in [-0.39, 0.29) is 6.54 Å². The van der Waals surface area contributed by atoms with Gasteiger partial charge in [-0.15, -0.1) is 11.8 Å². The summed E-state index contributed by atoms with van der Waals surface area (Å²) in [6.07, 6.45) is 0.667. The molecule has 0 fully saturated rings. The first-order chi connectivity index (χ1) is 13.5. The quantitative estimate of drug-likeness (QED) is 0.511. The summed E-state index contributed by atoms with van der Waals surface area (Å²) in [6.45, 7) is 5.70. The molecule has 0 spiro atoms. The van der Waals surface area contributed by atoms with E-state index < -0.39 is 23.7 Å². The third-order valence-electron chi connectivity index (χ3n) is 4.39. The molecule has 0 aliphatic rings. The Labute approximate surface area is 187 Å². The summed E-state index contributed by atoms with van der Waals surface area (Å²) in [5.74, 6) is -0.421. The fourth-order valence-electron chi connectivity index (χ4n) is 2.97. The van der Waals surface area contributed by atoms with Crippen LogP contribution >= 0.6 is 35.0 Å². The molecule has 0 aliphatic carbocycles. The molecule has 0 radical (unpaired) electrons. The molecule has 0 aromatic heterocycles. The van der Waals surface area contributed by atoms with Gasteiger partial charge in [-0.3, -0.25) is 0 Å². The molecule has 0 heterocycles. The summed E-state index contributed by atoms with van der Waals surface area (Å²) in [4.78, 5) is 15.0. The van der Waals surface area contributed by atoms with E-state index in [4.69, 9.17) is 27.9 Å². The van der Waals surface area contributed by atoms with E-state index in [0.717, 1.165) is 16.0 Å². The van der Waals surface area contributed by atoms with Crippen molar-refractivity contribution in [2.75, 3.05) is 19.8 Å². The van der Waals surface area contributed by atoms with Gasteiger partial charge in [0.2, 0.25) is 0 Å². The Hall–Kier alpha value is -1.40. The van der Waals surface area contributed by atoms with Gasteiger partial charge < -0.3 is 14.7 Å². The van der Waals surface area contributed by atoms with Crippen molar-refractivity contribution in [3.8, 4) is 0 Å². The van der Waals surface area contributed by atoms with Crippen molar-refractivity contribution in [2.45, 2.75) is 43.3 Å². The van der Waals surface area contributed by atoms with Crippen LogP contribution in [0.1, 0.15) is 43.9 Å². The topological polar surface area (TPSA) is 49.8 Å². The molecule has 29 heavy (non-hydrogen) atoms. The van der Waals surface area contributed by atoms with Gasteiger partial charge >= 0.3 is 6.09 Å². The number of carbonyl (C=O) groups excluding carboxylic acids is 1. The number of hydrogen-bond donors (Lipinski definition) is 1. The summed E-state index contributed by atoms with van der Waals surface area (Å²) < 4.78 is 5.46. The van der Waals surface area contributed by atoms with Crippen molar-refractivity contribution < 1.29 is 14.6 Å². The van der Waals surface area contributed by atoms with E-state index in [1.807, 2.05) is 57.4 Å². The first-order valence-corrected chi connectivity index (χ1v) is 11.2. The van der Waals surface area contributed by atoms with Crippen molar-refractivity contribution in [3.63, 3.8) is 0 Å². The van der Waals surface area contributed by atoms with Gasteiger partial charge in [0, 0.05) is 24.4 Å².